The first kappa shape index (κ1) is 17.2. The van der Waals surface area contributed by atoms with Crippen molar-refractivity contribution in [2.45, 2.75) is 26.9 Å². The summed E-state index contributed by atoms with van der Waals surface area (Å²) in [5, 5.41) is 7.89. The number of rotatable bonds is 5. The molecule has 1 aromatic carbocycles. The molecule has 3 rings (SSSR count). The average Bonchev–Trinajstić information content (AvgIpc) is 2.88. The number of amides is 1. The smallest absolute Gasteiger partial charge is 0.253 e. The zero-order valence-corrected chi connectivity index (χ0v) is 14.9. The number of carbonyl (C=O) groups is 1. The highest BCUT2D eigenvalue weighted by molar-refractivity contribution is 6.29. The number of halogens is 1. The van der Waals surface area contributed by atoms with Crippen LogP contribution in [-0.4, -0.2) is 20.7 Å². The van der Waals surface area contributed by atoms with Gasteiger partial charge >= 0.3 is 0 Å². The molecule has 0 bridgehead atoms. The van der Waals surface area contributed by atoms with Gasteiger partial charge in [0.25, 0.3) is 5.91 Å². The van der Waals surface area contributed by atoms with E-state index in [4.69, 9.17) is 11.6 Å². The molecule has 0 spiro atoms. The third kappa shape index (κ3) is 4.06. The Balaban J connectivity index is 1.70. The van der Waals surface area contributed by atoms with Crippen molar-refractivity contribution in [2.24, 2.45) is 0 Å². The fraction of sp³-hybridized carbons (Fsp3) is 0.211. The Morgan fingerprint density at radius 3 is 2.60 bits per heavy atom. The second-order valence-electron chi connectivity index (χ2n) is 5.84. The highest BCUT2D eigenvalue weighted by atomic mass is 35.5. The number of aromatic nitrogens is 3. The van der Waals surface area contributed by atoms with Gasteiger partial charge in [0.1, 0.15) is 5.15 Å². The van der Waals surface area contributed by atoms with Crippen LogP contribution in [-0.2, 0) is 13.1 Å². The number of carbonyl (C=O) groups excluding carboxylic acids is 1. The highest BCUT2D eigenvalue weighted by Gasteiger charge is 2.13. The van der Waals surface area contributed by atoms with Crippen molar-refractivity contribution >= 4 is 17.5 Å². The van der Waals surface area contributed by atoms with E-state index in [1.807, 2.05) is 36.7 Å². The SMILES string of the molecule is Cc1nn(Cc2ccccc2)c(C)c1CNC(=O)c1ccc(Cl)nc1. The fourth-order valence-electron chi connectivity index (χ4n) is 2.68. The molecular weight excluding hydrogens is 336 g/mol. The van der Waals surface area contributed by atoms with Crippen LogP contribution in [0.4, 0.5) is 0 Å². The largest absolute Gasteiger partial charge is 0.348 e. The van der Waals surface area contributed by atoms with Crippen molar-refractivity contribution in [2.75, 3.05) is 0 Å². The van der Waals surface area contributed by atoms with Crippen LogP contribution in [0, 0.1) is 13.8 Å². The Labute approximate surface area is 151 Å². The number of hydrogen-bond donors (Lipinski definition) is 1. The Bertz CT molecular complexity index is 872. The second-order valence-corrected chi connectivity index (χ2v) is 6.23. The van der Waals surface area contributed by atoms with Crippen LogP contribution in [0.5, 0.6) is 0 Å². The molecule has 0 saturated carbocycles. The van der Waals surface area contributed by atoms with E-state index >= 15 is 0 Å². The molecule has 0 fully saturated rings. The predicted octanol–water partition coefficient (Wildman–Crippen LogP) is 3.53. The predicted molar refractivity (Wildman–Crippen MR) is 97.7 cm³/mol. The maximum absolute atomic E-state index is 12.2. The minimum atomic E-state index is -0.182. The van der Waals surface area contributed by atoms with Gasteiger partial charge in [0, 0.05) is 24.0 Å². The molecule has 2 heterocycles. The Morgan fingerprint density at radius 1 is 1.16 bits per heavy atom. The van der Waals surface area contributed by atoms with E-state index in [2.05, 4.69) is 27.5 Å². The maximum atomic E-state index is 12.2. The van der Waals surface area contributed by atoms with E-state index in [1.54, 1.807) is 12.1 Å². The molecule has 0 unspecified atom stereocenters. The molecule has 5 nitrogen and oxygen atoms in total. The molecule has 128 valence electrons. The second kappa shape index (κ2) is 7.49. The van der Waals surface area contributed by atoms with Crippen LogP contribution in [0.3, 0.4) is 0 Å². The van der Waals surface area contributed by atoms with E-state index in [0.29, 0.717) is 23.8 Å². The number of hydrogen-bond acceptors (Lipinski definition) is 3. The van der Waals surface area contributed by atoms with Crippen LogP contribution < -0.4 is 5.32 Å². The Hall–Kier alpha value is -2.66. The van der Waals surface area contributed by atoms with Gasteiger partial charge in [-0.2, -0.15) is 5.10 Å². The van der Waals surface area contributed by atoms with Crippen molar-refractivity contribution in [3.63, 3.8) is 0 Å². The first-order valence-corrected chi connectivity index (χ1v) is 8.39. The molecule has 0 aliphatic carbocycles. The topological polar surface area (TPSA) is 59.8 Å². The van der Waals surface area contributed by atoms with Crippen molar-refractivity contribution in [1.82, 2.24) is 20.1 Å². The molecule has 2 aromatic heterocycles. The monoisotopic (exact) mass is 354 g/mol. The summed E-state index contributed by atoms with van der Waals surface area (Å²) in [6.45, 7) is 5.12. The molecule has 0 saturated heterocycles. The van der Waals surface area contributed by atoms with Crippen LogP contribution >= 0.6 is 11.6 Å². The van der Waals surface area contributed by atoms with Gasteiger partial charge in [-0.1, -0.05) is 41.9 Å². The van der Waals surface area contributed by atoms with Gasteiger partial charge < -0.3 is 5.32 Å². The summed E-state index contributed by atoms with van der Waals surface area (Å²) in [5.41, 5.74) is 4.68. The van der Waals surface area contributed by atoms with Gasteiger partial charge in [-0.25, -0.2) is 4.98 Å². The molecule has 0 aliphatic heterocycles. The normalized spacial score (nSPS) is 10.7. The lowest BCUT2D eigenvalue weighted by atomic mass is 10.2. The number of nitrogens with zero attached hydrogens (tertiary/aromatic N) is 3. The van der Waals surface area contributed by atoms with Gasteiger partial charge in [0.2, 0.25) is 0 Å². The van der Waals surface area contributed by atoms with Gasteiger partial charge in [-0.15, -0.1) is 0 Å². The van der Waals surface area contributed by atoms with E-state index in [-0.39, 0.29) is 5.91 Å². The zero-order valence-electron chi connectivity index (χ0n) is 14.2. The first-order chi connectivity index (χ1) is 12.0. The molecule has 1 N–H and O–H groups in total. The van der Waals surface area contributed by atoms with E-state index in [0.717, 1.165) is 17.0 Å². The molecule has 0 atom stereocenters. The van der Waals surface area contributed by atoms with Crippen molar-refractivity contribution < 1.29 is 4.79 Å². The van der Waals surface area contributed by atoms with Crippen LogP contribution in [0.1, 0.15) is 32.9 Å². The fourth-order valence-corrected chi connectivity index (χ4v) is 2.79. The van der Waals surface area contributed by atoms with Gasteiger partial charge in [0.15, 0.2) is 0 Å². The van der Waals surface area contributed by atoms with Gasteiger partial charge in [-0.3, -0.25) is 9.48 Å². The summed E-state index contributed by atoms with van der Waals surface area (Å²) in [6, 6.07) is 13.4. The van der Waals surface area contributed by atoms with Crippen LogP contribution in [0.2, 0.25) is 5.15 Å². The summed E-state index contributed by atoms with van der Waals surface area (Å²) in [7, 11) is 0. The summed E-state index contributed by atoms with van der Waals surface area (Å²) < 4.78 is 1.97. The maximum Gasteiger partial charge on any atom is 0.253 e. The van der Waals surface area contributed by atoms with Crippen molar-refractivity contribution in [3.05, 3.63) is 81.9 Å². The highest BCUT2D eigenvalue weighted by Crippen LogP contribution is 2.15. The van der Waals surface area contributed by atoms with E-state index < -0.39 is 0 Å². The van der Waals surface area contributed by atoms with E-state index in [9.17, 15) is 4.79 Å². The minimum Gasteiger partial charge on any atom is -0.348 e. The molecule has 1 amide bonds. The number of benzene rings is 1. The summed E-state index contributed by atoms with van der Waals surface area (Å²) >= 11 is 5.75. The first-order valence-electron chi connectivity index (χ1n) is 8.01. The van der Waals surface area contributed by atoms with Crippen LogP contribution in [0.15, 0.2) is 48.7 Å². The third-order valence-corrected chi connectivity index (χ3v) is 4.35. The number of nitrogens with one attached hydrogen (secondary N) is 1. The average molecular weight is 355 g/mol. The quantitative estimate of drug-likeness (QED) is 0.713. The molecule has 3 aromatic rings. The number of aryl methyl sites for hydroxylation is 1. The molecule has 0 aliphatic rings. The zero-order chi connectivity index (χ0) is 17.8. The van der Waals surface area contributed by atoms with Gasteiger partial charge in [-0.05, 0) is 31.5 Å². The summed E-state index contributed by atoms with van der Waals surface area (Å²) in [4.78, 5) is 16.2. The number of pyridine rings is 1. The minimum absolute atomic E-state index is 0.182. The summed E-state index contributed by atoms with van der Waals surface area (Å²) in [5.74, 6) is -0.182. The lowest BCUT2D eigenvalue weighted by Gasteiger charge is -2.07. The lowest BCUT2D eigenvalue weighted by Crippen LogP contribution is -2.23. The molecule has 6 heteroatoms. The molecule has 0 radical (unpaired) electrons. The van der Waals surface area contributed by atoms with Crippen molar-refractivity contribution in [3.8, 4) is 0 Å². The third-order valence-electron chi connectivity index (χ3n) is 4.12. The Morgan fingerprint density at radius 2 is 1.92 bits per heavy atom. The van der Waals surface area contributed by atoms with Crippen molar-refractivity contribution in [1.29, 1.82) is 0 Å². The lowest BCUT2D eigenvalue weighted by molar-refractivity contribution is 0.0950. The summed E-state index contributed by atoms with van der Waals surface area (Å²) in [6.07, 6.45) is 1.47. The Kier molecular flexibility index (Phi) is 5.14. The van der Waals surface area contributed by atoms with Gasteiger partial charge in [0.05, 0.1) is 17.8 Å². The molecule has 25 heavy (non-hydrogen) atoms. The van der Waals surface area contributed by atoms with E-state index in [1.165, 1.54) is 11.8 Å². The van der Waals surface area contributed by atoms with Crippen LogP contribution in [0.25, 0.3) is 0 Å². The molecular formula is C19H19ClN4O. The standard InChI is InChI=1S/C19H19ClN4O/c1-13-17(11-22-19(25)16-8-9-18(20)21-10-16)14(2)24(23-13)12-15-6-4-3-5-7-15/h3-10H,11-12H2,1-2H3,(H,22,25).